The Morgan fingerprint density at radius 2 is 1.44 bits per heavy atom. The third kappa shape index (κ3) is 2.18. The SMILES string of the molecule is Fc1ccc2c(-c3nc4c(ccc5cc(F)ccc54)o3)cccc2c1. The standard InChI is InChI=1S/C21H11F2NO/c22-14-5-7-16-12(10-14)2-1-3-18(16)21-24-20-17-8-6-15(23)11-13(17)4-9-19(20)25-21/h1-11H. The number of hydrogen-bond donors (Lipinski definition) is 0. The number of hydrogen-bond acceptors (Lipinski definition) is 2. The van der Waals surface area contributed by atoms with Crippen LogP contribution in [0.3, 0.4) is 0 Å². The highest BCUT2D eigenvalue weighted by Gasteiger charge is 2.14. The molecule has 5 aromatic rings. The minimum Gasteiger partial charge on any atom is -0.436 e. The molecule has 0 aliphatic rings. The Balaban J connectivity index is 1.80. The van der Waals surface area contributed by atoms with Crippen LogP contribution in [0.4, 0.5) is 8.78 Å². The van der Waals surface area contributed by atoms with Crippen molar-refractivity contribution in [1.29, 1.82) is 0 Å². The molecule has 0 bridgehead atoms. The third-order valence-corrected chi connectivity index (χ3v) is 4.41. The monoisotopic (exact) mass is 331 g/mol. The van der Waals surface area contributed by atoms with E-state index in [-0.39, 0.29) is 11.6 Å². The fourth-order valence-corrected chi connectivity index (χ4v) is 3.25. The van der Waals surface area contributed by atoms with Gasteiger partial charge in [-0.3, -0.25) is 0 Å². The smallest absolute Gasteiger partial charge is 0.227 e. The molecule has 0 spiro atoms. The lowest BCUT2D eigenvalue weighted by Gasteiger charge is -2.02. The number of aromatic nitrogens is 1. The molecule has 0 saturated heterocycles. The summed E-state index contributed by atoms with van der Waals surface area (Å²) in [6.07, 6.45) is 0. The normalized spacial score (nSPS) is 11.6. The molecule has 0 aliphatic carbocycles. The van der Waals surface area contributed by atoms with Crippen LogP contribution < -0.4 is 0 Å². The Morgan fingerprint density at radius 3 is 2.24 bits per heavy atom. The predicted octanol–water partition coefficient (Wildman–Crippen LogP) is 6.08. The van der Waals surface area contributed by atoms with Crippen molar-refractivity contribution in [3.63, 3.8) is 0 Å². The van der Waals surface area contributed by atoms with Gasteiger partial charge in [0.05, 0.1) is 0 Å². The molecule has 25 heavy (non-hydrogen) atoms. The molecule has 4 aromatic carbocycles. The molecule has 120 valence electrons. The van der Waals surface area contributed by atoms with Crippen molar-refractivity contribution in [2.45, 2.75) is 0 Å². The number of oxazole rings is 1. The zero-order chi connectivity index (χ0) is 17.0. The molecule has 0 N–H and O–H groups in total. The van der Waals surface area contributed by atoms with Gasteiger partial charge < -0.3 is 4.42 Å². The van der Waals surface area contributed by atoms with E-state index in [9.17, 15) is 8.78 Å². The van der Waals surface area contributed by atoms with E-state index >= 15 is 0 Å². The molecule has 1 heterocycles. The van der Waals surface area contributed by atoms with Gasteiger partial charge in [0.2, 0.25) is 5.89 Å². The molecular weight excluding hydrogens is 320 g/mol. The maximum atomic E-state index is 13.5. The zero-order valence-corrected chi connectivity index (χ0v) is 13.0. The van der Waals surface area contributed by atoms with E-state index < -0.39 is 0 Å². The minimum atomic E-state index is -0.286. The Kier molecular flexibility index (Phi) is 2.88. The fourth-order valence-electron chi connectivity index (χ4n) is 3.25. The number of halogens is 2. The van der Waals surface area contributed by atoms with Crippen LogP contribution in [0.1, 0.15) is 0 Å². The molecule has 4 heteroatoms. The molecule has 0 radical (unpaired) electrons. The van der Waals surface area contributed by atoms with Crippen LogP contribution in [0, 0.1) is 11.6 Å². The van der Waals surface area contributed by atoms with E-state index in [4.69, 9.17) is 4.42 Å². The van der Waals surface area contributed by atoms with Gasteiger partial charge in [-0.2, -0.15) is 0 Å². The van der Waals surface area contributed by atoms with E-state index in [0.717, 1.165) is 27.1 Å². The van der Waals surface area contributed by atoms with E-state index in [1.54, 1.807) is 18.2 Å². The highest BCUT2D eigenvalue weighted by atomic mass is 19.1. The van der Waals surface area contributed by atoms with Crippen molar-refractivity contribution >= 4 is 32.6 Å². The first kappa shape index (κ1) is 14.1. The molecule has 5 rings (SSSR count). The van der Waals surface area contributed by atoms with Crippen molar-refractivity contribution in [2.75, 3.05) is 0 Å². The molecule has 0 atom stereocenters. The van der Waals surface area contributed by atoms with Gasteiger partial charge in [-0.05, 0) is 58.6 Å². The molecule has 0 fully saturated rings. The zero-order valence-electron chi connectivity index (χ0n) is 13.0. The molecular formula is C21H11F2NO. The van der Waals surface area contributed by atoms with Gasteiger partial charge in [0.1, 0.15) is 17.2 Å². The average molecular weight is 331 g/mol. The van der Waals surface area contributed by atoms with Crippen LogP contribution in [-0.4, -0.2) is 4.98 Å². The highest BCUT2D eigenvalue weighted by Crippen LogP contribution is 2.33. The maximum absolute atomic E-state index is 13.5. The predicted molar refractivity (Wildman–Crippen MR) is 94.4 cm³/mol. The van der Waals surface area contributed by atoms with Gasteiger partial charge in [-0.1, -0.05) is 24.3 Å². The highest BCUT2D eigenvalue weighted by molar-refractivity contribution is 6.05. The maximum Gasteiger partial charge on any atom is 0.227 e. The van der Waals surface area contributed by atoms with Crippen molar-refractivity contribution in [1.82, 2.24) is 4.98 Å². The number of benzene rings is 4. The van der Waals surface area contributed by atoms with Gasteiger partial charge in [0, 0.05) is 10.9 Å². The average Bonchev–Trinajstić information content (AvgIpc) is 3.05. The first-order valence-electron chi connectivity index (χ1n) is 7.86. The second-order valence-corrected chi connectivity index (χ2v) is 5.97. The molecule has 1 aromatic heterocycles. The molecule has 0 aliphatic heterocycles. The summed E-state index contributed by atoms with van der Waals surface area (Å²) in [4.78, 5) is 4.63. The number of rotatable bonds is 1. The third-order valence-electron chi connectivity index (χ3n) is 4.41. The lowest BCUT2D eigenvalue weighted by Crippen LogP contribution is -1.83. The van der Waals surface area contributed by atoms with E-state index in [0.29, 0.717) is 17.0 Å². The lowest BCUT2D eigenvalue weighted by atomic mass is 10.0. The first-order valence-corrected chi connectivity index (χ1v) is 7.86. The Hall–Kier alpha value is -3.27. The van der Waals surface area contributed by atoms with Crippen LogP contribution >= 0.6 is 0 Å². The molecule has 0 amide bonds. The summed E-state index contributed by atoms with van der Waals surface area (Å²) in [7, 11) is 0. The number of fused-ring (bicyclic) bond motifs is 4. The summed E-state index contributed by atoms with van der Waals surface area (Å²) in [6, 6.07) is 18.4. The topological polar surface area (TPSA) is 26.0 Å². The van der Waals surface area contributed by atoms with E-state index in [2.05, 4.69) is 4.98 Å². The molecule has 2 nitrogen and oxygen atoms in total. The molecule has 0 unspecified atom stereocenters. The second-order valence-electron chi connectivity index (χ2n) is 5.97. The van der Waals surface area contributed by atoms with Gasteiger partial charge in [0.25, 0.3) is 0 Å². The van der Waals surface area contributed by atoms with Crippen LogP contribution in [0.2, 0.25) is 0 Å². The summed E-state index contributed by atoms with van der Waals surface area (Å²) >= 11 is 0. The van der Waals surface area contributed by atoms with Crippen molar-refractivity contribution in [3.8, 4) is 11.5 Å². The molecule has 0 saturated carbocycles. The van der Waals surface area contributed by atoms with Crippen LogP contribution in [-0.2, 0) is 0 Å². The van der Waals surface area contributed by atoms with Crippen LogP contribution in [0.5, 0.6) is 0 Å². The lowest BCUT2D eigenvalue weighted by molar-refractivity contribution is 0.620. The second kappa shape index (κ2) is 5.11. The summed E-state index contributed by atoms with van der Waals surface area (Å²) in [5, 5.41) is 3.25. The largest absolute Gasteiger partial charge is 0.436 e. The summed E-state index contributed by atoms with van der Waals surface area (Å²) in [6.45, 7) is 0. The fraction of sp³-hybridized carbons (Fsp3) is 0. The van der Waals surface area contributed by atoms with Crippen LogP contribution in [0.15, 0.2) is 71.1 Å². The quantitative estimate of drug-likeness (QED) is 0.372. The Bertz CT molecular complexity index is 1270. The Morgan fingerprint density at radius 1 is 0.720 bits per heavy atom. The van der Waals surface area contributed by atoms with E-state index in [1.165, 1.54) is 24.3 Å². The minimum absolute atomic E-state index is 0.282. The van der Waals surface area contributed by atoms with Gasteiger partial charge >= 0.3 is 0 Å². The summed E-state index contributed by atoms with van der Waals surface area (Å²) in [5.74, 6) is -0.106. The van der Waals surface area contributed by atoms with E-state index in [1.807, 2.05) is 24.3 Å². The van der Waals surface area contributed by atoms with Crippen molar-refractivity contribution in [2.24, 2.45) is 0 Å². The van der Waals surface area contributed by atoms with Gasteiger partial charge in [-0.25, -0.2) is 13.8 Å². The van der Waals surface area contributed by atoms with Crippen molar-refractivity contribution < 1.29 is 13.2 Å². The van der Waals surface area contributed by atoms with Gasteiger partial charge in [-0.15, -0.1) is 0 Å². The van der Waals surface area contributed by atoms with Crippen molar-refractivity contribution in [3.05, 3.63) is 78.4 Å². The summed E-state index contributed by atoms with van der Waals surface area (Å²) in [5.41, 5.74) is 2.11. The summed E-state index contributed by atoms with van der Waals surface area (Å²) < 4.78 is 32.8. The first-order chi connectivity index (χ1) is 12.2. The van der Waals surface area contributed by atoms with Gasteiger partial charge in [0.15, 0.2) is 5.58 Å². The number of nitrogens with zero attached hydrogens (tertiary/aromatic N) is 1. The van der Waals surface area contributed by atoms with Crippen LogP contribution in [0.25, 0.3) is 44.1 Å². The Labute approximate surface area is 141 Å².